The molecule has 13 heavy (non-hydrogen) atoms. The van der Waals surface area contributed by atoms with Crippen LogP contribution in [0.3, 0.4) is 0 Å². The van der Waals surface area contributed by atoms with Crippen LogP contribution in [-0.2, 0) is 4.79 Å². The number of hydrogen-bond donors (Lipinski definition) is 1. The average molecular weight is 204 g/mol. The average Bonchev–Trinajstić information content (AvgIpc) is 2.85. The number of amides is 1. The molecule has 1 N–H and O–H groups in total. The Bertz CT molecular complexity index is 187. The second kappa shape index (κ2) is 4.32. The summed E-state index contributed by atoms with van der Waals surface area (Å²) in [5, 5.41) is 2.92. The van der Waals surface area contributed by atoms with E-state index in [0.29, 0.717) is 24.8 Å². The molecule has 1 aliphatic carbocycles. The zero-order chi connectivity index (χ0) is 9.90. The van der Waals surface area contributed by atoms with Crippen LogP contribution in [0.1, 0.15) is 33.1 Å². The van der Waals surface area contributed by atoms with Gasteiger partial charge in [-0.1, -0.05) is 13.8 Å². The van der Waals surface area contributed by atoms with Crippen molar-refractivity contribution >= 4 is 17.5 Å². The first-order chi connectivity index (χ1) is 6.03. The van der Waals surface area contributed by atoms with E-state index in [2.05, 4.69) is 19.2 Å². The SMILES string of the molecule is CC(C)(CCl)CNC(=O)CC1CC1. The molecule has 0 spiro atoms. The number of carbonyl (C=O) groups is 1. The van der Waals surface area contributed by atoms with Crippen molar-refractivity contribution in [3.8, 4) is 0 Å². The molecule has 0 radical (unpaired) electrons. The lowest BCUT2D eigenvalue weighted by molar-refractivity contribution is -0.121. The summed E-state index contributed by atoms with van der Waals surface area (Å²) in [4.78, 5) is 11.3. The highest BCUT2D eigenvalue weighted by Gasteiger charge is 2.25. The Balaban J connectivity index is 2.13. The van der Waals surface area contributed by atoms with Crippen molar-refractivity contribution in [1.29, 1.82) is 0 Å². The maximum absolute atomic E-state index is 11.3. The molecule has 0 aromatic heterocycles. The van der Waals surface area contributed by atoms with Gasteiger partial charge in [-0.25, -0.2) is 0 Å². The van der Waals surface area contributed by atoms with Gasteiger partial charge in [0.1, 0.15) is 0 Å². The van der Waals surface area contributed by atoms with Crippen molar-refractivity contribution in [1.82, 2.24) is 5.32 Å². The zero-order valence-electron chi connectivity index (χ0n) is 8.40. The molecule has 1 saturated carbocycles. The molecule has 0 unspecified atom stereocenters. The molecule has 0 atom stereocenters. The van der Waals surface area contributed by atoms with E-state index in [1.165, 1.54) is 12.8 Å². The lowest BCUT2D eigenvalue weighted by atomic mass is 9.96. The largest absolute Gasteiger partial charge is 0.356 e. The van der Waals surface area contributed by atoms with Gasteiger partial charge in [0.05, 0.1) is 0 Å². The van der Waals surface area contributed by atoms with Crippen molar-refractivity contribution in [3.63, 3.8) is 0 Å². The molecule has 1 rings (SSSR count). The van der Waals surface area contributed by atoms with Gasteiger partial charge in [0.15, 0.2) is 0 Å². The van der Waals surface area contributed by atoms with E-state index in [0.717, 1.165) is 0 Å². The predicted molar refractivity (Wildman–Crippen MR) is 54.9 cm³/mol. The summed E-state index contributed by atoms with van der Waals surface area (Å²) < 4.78 is 0. The van der Waals surface area contributed by atoms with E-state index in [1.54, 1.807) is 0 Å². The maximum atomic E-state index is 11.3. The third-order valence-corrected chi connectivity index (χ3v) is 3.02. The van der Waals surface area contributed by atoms with Gasteiger partial charge in [-0.3, -0.25) is 4.79 Å². The molecule has 1 amide bonds. The minimum Gasteiger partial charge on any atom is -0.356 e. The zero-order valence-corrected chi connectivity index (χ0v) is 9.16. The Morgan fingerprint density at radius 2 is 2.15 bits per heavy atom. The summed E-state index contributed by atoms with van der Waals surface area (Å²) in [6, 6.07) is 0. The van der Waals surface area contributed by atoms with Gasteiger partial charge in [-0.05, 0) is 24.2 Å². The second-order valence-electron chi connectivity index (χ2n) is 4.72. The molecular formula is C10H18ClNO. The molecule has 0 aromatic rings. The highest BCUT2D eigenvalue weighted by molar-refractivity contribution is 6.18. The van der Waals surface area contributed by atoms with Gasteiger partial charge < -0.3 is 5.32 Å². The Morgan fingerprint density at radius 1 is 1.54 bits per heavy atom. The lowest BCUT2D eigenvalue weighted by Gasteiger charge is -2.21. The molecule has 0 aliphatic heterocycles. The fraction of sp³-hybridized carbons (Fsp3) is 0.900. The Kier molecular flexibility index (Phi) is 3.60. The van der Waals surface area contributed by atoms with Crippen LogP contribution >= 0.6 is 11.6 Å². The molecule has 0 heterocycles. The number of nitrogens with one attached hydrogen (secondary N) is 1. The van der Waals surface area contributed by atoms with E-state index in [-0.39, 0.29) is 11.3 Å². The molecule has 2 nitrogen and oxygen atoms in total. The standard InChI is InChI=1S/C10H18ClNO/c1-10(2,6-11)7-12-9(13)5-8-3-4-8/h8H,3-7H2,1-2H3,(H,12,13). The molecule has 3 heteroatoms. The van der Waals surface area contributed by atoms with Gasteiger partial charge in [-0.2, -0.15) is 0 Å². The van der Waals surface area contributed by atoms with Crippen LogP contribution in [0, 0.1) is 11.3 Å². The minimum atomic E-state index is 0.0146. The van der Waals surface area contributed by atoms with Crippen molar-refractivity contribution in [3.05, 3.63) is 0 Å². The van der Waals surface area contributed by atoms with Crippen molar-refractivity contribution in [2.24, 2.45) is 11.3 Å². The topological polar surface area (TPSA) is 29.1 Å². The van der Waals surface area contributed by atoms with E-state index in [1.807, 2.05) is 0 Å². The molecular weight excluding hydrogens is 186 g/mol. The fourth-order valence-electron chi connectivity index (χ4n) is 1.04. The third-order valence-electron chi connectivity index (χ3n) is 2.30. The number of halogens is 1. The van der Waals surface area contributed by atoms with Crippen molar-refractivity contribution < 1.29 is 4.79 Å². The minimum absolute atomic E-state index is 0.0146. The number of carbonyl (C=O) groups excluding carboxylic acids is 1. The maximum Gasteiger partial charge on any atom is 0.220 e. The molecule has 0 saturated heterocycles. The normalized spacial score (nSPS) is 17.2. The molecule has 1 fully saturated rings. The van der Waals surface area contributed by atoms with Gasteiger partial charge in [0.25, 0.3) is 0 Å². The fourth-order valence-corrected chi connectivity index (χ4v) is 1.14. The van der Waals surface area contributed by atoms with E-state index < -0.39 is 0 Å². The number of alkyl halides is 1. The molecule has 0 aromatic carbocycles. The number of hydrogen-bond acceptors (Lipinski definition) is 1. The van der Waals surface area contributed by atoms with Crippen LogP contribution in [0.4, 0.5) is 0 Å². The molecule has 76 valence electrons. The van der Waals surface area contributed by atoms with Gasteiger partial charge in [-0.15, -0.1) is 11.6 Å². The summed E-state index contributed by atoms with van der Waals surface area (Å²) in [6.07, 6.45) is 3.16. The quantitative estimate of drug-likeness (QED) is 0.682. The van der Waals surface area contributed by atoms with Crippen LogP contribution in [0.25, 0.3) is 0 Å². The summed E-state index contributed by atoms with van der Waals surface area (Å²) in [5.74, 6) is 1.43. The first-order valence-electron chi connectivity index (χ1n) is 4.86. The van der Waals surface area contributed by atoms with Gasteiger partial charge in [0, 0.05) is 18.8 Å². The van der Waals surface area contributed by atoms with Crippen molar-refractivity contribution in [2.45, 2.75) is 33.1 Å². The summed E-state index contributed by atoms with van der Waals surface area (Å²) >= 11 is 5.74. The van der Waals surface area contributed by atoms with Crippen LogP contribution < -0.4 is 5.32 Å². The summed E-state index contributed by atoms with van der Waals surface area (Å²) in [7, 11) is 0. The highest BCUT2D eigenvalue weighted by Crippen LogP contribution is 2.32. The van der Waals surface area contributed by atoms with Crippen molar-refractivity contribution in [2.75, 3.05) is 12.4 Å². The van der Waals surface area contributed by atoms with Gasteiger partial charge >= 0.3 is 0 Å². The molecule has 0 bridgehead atoms. The predicted octanol–water partition coefficient (Wildman–Crippen LogP) is 2.17. The van der Waals surface area contributed by atoms with E-state index >= 15 is 0 Å². The summed E-state index contributed by atoms with van der Waals surface area (Å²) in [6.45, 7) is 4.79. The molecule has 1 aliphatic rings. The van der Waals surface area contributed by atoms with Crippen LogP contribution in [0.5, 0.6) is 0 Å². The smallest absolute Gasteiger partial charge is 0.220 e. The first-order valence-corrected chi connectivity index (χ1v) is 5.39. The van der Waals surface area contributed by atoms with Crippen LogP contribution in [0.2, 0.25) is 0 Å². The highest BCUT2D eigenvalue weighted by atomic mass is 35.5. The van der Waals surface area contributed by atoms with E-state index in [9.17, 15) is 4.79 Å². The lowest BCUT2D eigenvalue weighted by Crippen LogP contribution is -2.35. The van der Waals surface area contributed by atoms with E-state index in [4.69, 9.17) is 11.6 Å². The first kappa shape index (κ1) is 10.8. The number of rotatable bonds is 5. The van der Waals surface area contributed by atoms with Crippen LogP contribution in [0.15, 0.2) is 0 Å². The Morgan fingerprint density at radius 3 is 2.62 bits per heavy atom. The monoisotopic (exact) mass is 203 g/mol. The van der Waals surface area contributed by atoms with Gasteiger partial charge in [0.2, 0.25) is 5.91 Å². The Labute approximate surface area is 85.0 Å². The second-order valence-corrected chi connectivity index (χ2v) is 4.99. The summed E-state index contributed by atoms with van der Waals surface area (Å²) in [5.41, 5.74) is 0.0146. The van der Waals surface area contributed by atoms with Crippen LogP contribution in [-0.4, -0.2) is 18.3 Å². The Hall–Kier alpha value is -0.240. The third kappa shape index (κ3) is 4.51.